The number of carbonyl (C=O) groups excluding carboxylic acids is 1. The Kier molecular flexibility index (Phi) is 3.69. The van der Waals surface area contributed by atoms with Gasteiger partial charge in [-0.15, -0.1) is 0 Å². The molecule has 2 rings (SSSR count). The van der Waals surface area contributed by atoms with Crippen LogP contribution in [0.1, 0.15) is 41.3 Å². The van der Waals surface area contributed by atoms with Crippen molar-refractivity contribution < 1.29 is 4.79 Å². The molecule has 0 spiro atoms. The number of nitrogens with zero attached hydrogens (tertiary/aromatic N) is 2. The van der Waals surface area contributed by atoms with Gasteiger partial charge in [0.1, 0.15) is 0 Å². The summed E-state index contributed by atoms with van der Waals surface area (Å²) in [6.07, 6.45) is 3.28. The molecule has 4 nitrogen and oxygen atoms in total. The van der Waals surface area contributed by atoms with E-state index in [4.69, 9.17) is 0 Å². The largest absolute Gasteiger partial charge is 0.321 e. The Labute approximate surface area is 113 Å². The van der Waals surface area contributed by atoms with Crippen LogP contribution in [0.5, 0.6) is 0 Å². The van der Waals surface area contributed by atoms with Crippen molar-refractivity contribution in [3.8, 4) is 0 Å². The molecular formula is C15H19N3O. The molecule has 100 valence electrons. The Balaban J connectivity index is 2.31. The first-order valence-corrected chi connectivity index (χ1v) is 6.38. The fourth-order valence-electron chi connectivity index (χ4n) is 2.07. The smallest absolute Gasteiger partial charge is 0.258 e. The number of aryl methyl sites for hydroxylation is 2. The summed E-state index contributed by atoms with van der Waals surface area (Å²) >= 11 is 0. The summed E-state index contributed by atoms with van der Waals surface area (Å²) < 4.78 is 1.62. The SMILES string of the molecule is Cc1cccc(C(C)C)c1NC(=O)c1cnn(C)c1. The van der Waals surface area contributed by atoms with Gasteiger partial charge in [-0.05, 0) is 24.0 Å². The zero-order valence-corrected chi connectivity index (χ0v) is 11.8. The first-order chi connectivity index (χ1) is 8.99. The van der Waals surface area contributed by atoms with Gasteiger partial charge in [0.2, 0.25) is 0 Å². The van der Waals surface area contributed by atoms with Gasteiger partial charge >= 0.3 is 0 Å². The molecule has 0 unspecified atom stereocenters. The quantitative estimate of drug-likeness (QED) is 0.918. The molecule has 0 radical (unpaired) electrons. The molecule has 0 fully saturated rings. The zero-order valence-electron chi connectivity index (χ0n) is 11.8. The third-order valence-electron chi connectivity index (χ3n) is 3.13. The molecule has 1 heterocycles. The molecule has 0 saturated carbocycles. The lowest BCUT2D eigenvalue weighted by Crippen LogP contribution is -2.14. The monoisotopic (exact) mass is 257 g/mol. The summed E-state index contributed by atoms with van der Waals surface area (Å²) in [5, 5.41) is 7.01. The number of aromatic nitrogens is 2. The molecule has 19 heavy (non-hydrogen) atoms. The molecule has 0 saturated heterocycles. The van der Waals surface area contributed by atoms with Crippen molar-refractivity contribution in [2.75, 3.05) is 5.32 Å². The molecule has 0 aliphatic carbocycles. The second kappa shape index (κ2) is 5.26. The number of carbonyl (C=O) groups is 1. The van der Waals surface area contributed by atoms with Gasteiger partial charge in [-0.1, -0.05) is 32.0 Å². The molecule has 4 heteroatoms. The van der Waals surface area contributed by atoms with Crippen molar-refractivity contribution in [2.24, 2.45) is 7.05 Å². The highest BCUT2D eigenvalue weighted by molar-refractivity contribution is 6.04. The van der Waals surface area contributed by atoms with E-state index in [0.717, 1.165) is 16.8 Å². The second-order valence-corrected chi connectivity index (χ2v) is 5.05. The van der Waals surface area contributed by atoms with E-state index >= 15 is 0 Å². The predicted octanol–water partition coefficient (Wildman–Crippen LogP) is 3.10. The van der Waals surface area contributed by atoms with Crippen molar-refractivity contribution in [1.29, 1.82) is 0 Å². The van der Waals surface area contributed by atoms with Gasteiger partial charge < -0.3 is 5.32 Å². The zero-order chi connectivity index (χ0) is 14.0. The first-order valence-electron chi connectivity index (χ1n) is 6.38. The lowest BCUT2D eigenvalue weighted by Gasteiger charge is -2.16. The third kappa shape index (κ3) is 2.84. The van der Waals surface area contributed by atoms with Gasteiger partial charge in [-0.3, -0.25) is 9.48 Å². The molecule has 1 aromatic heterocycles. The second-order valence-electron chi connectivity index (χ2n) is 5.05. The van der Waals surface area contributed by atoms with E-state index in [1.807, 2.05) is 19.1 Å². The van der Waals surface area contributed by atoms with Crippen LogP contribution >= 0.6 is 0 Å². The van der Waals surface area contributed by atoms with E-state index in [1.165, 1.54) is 0 Å². The lowest BCUT2D eigenvalue weighted by molar-refractivity contribution is 0.102. The maximum Gasteiger partial charge on any atom is 0.258 e. The molecule has 0 aliphatic rings. The fourth-order valence-corrected chi connectivity index (χ4v) is 2.07. The van der Waals surface area contributed by atoms with Crippen molar-refractivity contribution in [3.05, 3.63) is 47.3 Å². The number of hydrogen-bond donors (Lipinski definition) is 1. The van der Waals surface area contributed by atoms with E-state index in [9.17, 15) is 4.79 Å². The minimum atomic E-state index is -0.121. The van der Waals surface area contributed by atoms with Crippen LogP contribution in [-0.4, -0.2) is 15.7 Å². The molecule has 1 aromatic carbocycles. The summed E-state index contributed by atoms with van der Waals surface area (Å²) in [6.45, 7) is 6.24. The fraction of sp³-hybridized carbons (Fsp3) is 0.333. The van der Waals surface area contributed by atoms with Crippen LogP contribution in [0.2, 0.25) is 0 Å². The summed E-state index contributed by atoms with van der Waals surface area (Å²) in [4.78, 5) is 12.2. The van der Waals surface area contributed by atoms with E-state index < -0.39 is 0 Å². The Morgan fingerprint density at radius 1 is 1.37 bits per heavy atom. The van der Waals surface area contributed by atoms with Crippen LogP contribution in [0.25, 0.3) is 0 Å². The lowest BCUT2D eigenvalue weighted by atomic mass is 9.98. The Hall–Kier alpha value is -2.10. The van der Waals surface area contributed by atoms with Crippen molar-refractivity contribution in [2.45, 2.75) is 26.7 Å². The molecule has 1 amide bonds. The van der Waals surface area contributed by atoms with E-state index in [1.54, 1.807) is 24.1 Å². The molecule has 2 aromatic rings. The summed E-state index contributed by atoms with van der Waals surface area (Å²) in [5.74, 6) is 0.244. The van der Waals surface area contributed by atoms with Crippen LogP contribution < -0.4 is 5.32 Å². The highest BCUT2D eigenvalue weighted by Crippen LogP contribution is 2.27. The van der Waals surface area contributed by atoms with Crippen LogP contribution in [0.3, 0.4) is 0 Å². The number of nitrogens with one attached hydrogen (secondary N) is 1. The minimum Gasteiger partial charge on any atom is -0.321 e. The molecule has 1 N–H and O–H groups in total. The highest BCUT2D eigenvalue weighted by Gasteiger charge is 2.14. The summed E-state index contributed by atoms with van der Waals surface area (Å²) in [7, 11) is 1.80. The summed E-state index contributed by atoms with van der Waals surface area (Å²) in [6, 6.07) is 6.08. The number of rotatable bonds is 3. The minimum absolute atomic E-state index is 0.121. The molecular weight excluding hydrogens is 238 g/mol. The standard InChI is InChI=1S/C15H19N3O/c1-10(2)13-7-5-6-11(3)14(13)17-15(19)12-8-16-18(4)9-12/h5-10H,1-4H3,(H,17,19). The number of benzene rings is 1. The Bertz CT molecular complexity index is 599. The summed E-state index contributed by atoms with van der Waals surface area (Å²) in [5.41, 5.74) is 3.70. The predicted molar refractivity (Wildman–Crippen MR) is 76.4 cm³/mol. The van der Waals surface area contributed by atoms with E-state index in [2.05, 4.69) is 30.3 Å². The Morgan fingerprint density at radius 3 is 2.68 bits per heavy atom. The van der Waals surface area contributed by atoms with Crippen LogP contribution in [-0.2, 0) is 7.05 Å². The van der Waals surface area contributed by atoms with Crippen LogP contribution in [0.4, 0.5) is 5.69 Å². The van der Waals surface area contributed by atoms with Crippen molar-refractivity contribution in [1.82, 2.24) is 9.78 Å². The van der Waals surface area contributed by atoms with E-state index in [0.29, 0.717) is 11.5 Å². The maximum atomic E-state index is 12.2. The van der Waals surface area contributed by atoms with Crippen molar-refractivity contribution in [3.63, 3.8) is 0 Å². The van der Waals surface area contributed by atoms with Gasteiger partial charge in [-0.25, -0.2) is 0 Å². The third-order valence-corrected chi connectivity index (χ3v) is 3.13. The van der Waals surface area contributed by atoms with Gasteiger partial charge in [0, 0.05) is 18.9 Å². The number of amides is 1. The van der Waals surface area contributed by atoms with Gasteiger partial charge in [0.25, 0.3) is 5.91 Å². The number of anilines is 1. The maximum absolute atomic E-state index is 12.2. The highest BCUT2D eigenvalue weighted by atomic mass is 16.1. The Morgan fingerprint density at radius 2 is 2.11 bits per heavy atom. The van der Waals surface area contributed by atoms with Crippen LogP contribution in [0.15, 0.2) is 30.6 Å². The van der Waals surface area contributed by atoms with Gasteiger partial charge in [0.15, 0.2) is 0 Å². The topological polar surface area (TPSA) is 46.9 Å². The normalized spacial score (nSPS) is 10.8. The number of para-hydroxylation sites is 1. The van der Waals surface area contributed by atoms with Gasteiger partial charge in [-0.2, -0.15) is 5.10 Å². The van der Waals surface area contributed by atoms with Crippen molar-refractivity contribution >= 4 is 11.6 Å². The molecule has 0 bridgehead atoms. The van der Waals surface area contributed by atoms with Gasteiger partial charge in [0.05, 0.1) is 11.8 Å². The average Bonchev–Trinajstić information content (AvgIpc) is 2.78. The molecule has 0 aliphatic heterocycles. The average molecular weight is 257 g/mol. The number of hydrogen-bond acceptors (Lipinski definition) is 2. The molecule has 0 atom stereocenters. The van der Waals surface area contributed by atoms with Crippen LogP contribution in [0, 0.1) is 6.92 Å². The van der Waals surface area contributed by atoms with E-state index in [-0.39, 0.29) is 5.91 Å². The first kappa shape index (κ1) is 13.3.